The van der Waals surface area contributed by atoms with Crippen molar-refractivity contribution in [2.45, 2.75) is 45.2 Å². The number of sulfonamides is 1. The standard InChI is InChI=1S/C30H37N3O6S/c1-7-31-30(35)23(4)32(19-24-10-8-9-22(3)17-24)29(34)20-33(25-13-16-27(38-5)28(18-25)39-6)40(36,37)26-14-11-21(2)12-15-26/h8-18,23H,7,19-20H2,1-6H3,(H,31,35)/t23-/m0/s1. The zero-order chi connectivity index (χ0) is 29.4. The Labute approximate surface area is 236 Å². The Bertz CT molecular complexity index is 1440. The van der Waals surface area contributed by atoms with E-state index in [-0.39, 0.29) is 23.0 Å². The minimum atomic E-state index is -4.19. The molecular weight excluding hydrogens is 530 g/mol. The van der Waals surface area contributed by atoms with Gasteiger partial charge >= 0.3 is 0 Å². The van der Waals surface area contributed by atoms with Crippen molar-refractivity contribution in [2.75, 3.05) is 31.6 Å². The van der Waals surface area contributed by atoms with E-state index < -0.39 is 28.5 Å². The van der Waals surface area contributed by atoms with E-state index in [1.54, 1.807) is 38.1 Å². The zero-order valence-electron chi connectivity index (χ0n) is 23.8. The zero-order valence-corrected chi connectivity index (χ0v) is 24.6. The summed E-state index contributed by atoms with van der Waals surface area (Å²) in [6.07, 6.45) is 0. The molecule has 0 spiro atoms. The van der Waals surface area contributed by atoms with Crippen LogP contribution < -0.4 is 19.1 Å². The number of nitrogens with one attached hydrogen (secondary N) is 1. The third-order valence-electron chi connectivity index (χ3n) is 6.50. The van der Waals surface area contributed by atoms with Crippen LogP contribution >= 0.6 is 0 Å². The van der Waals surface area contributed by atoms with Crippen molar-refractivity contribution in [2.24, 2.45) is 0 Å². The van der Waals surface area contributed by atoms with Gasteiger partial charge in [0.15, 0.2) is 11.5 Å². The molecule has 9 nitrogen and oxygen atoms in total. The first-order chi connectivity index (χ1) is 19.0. The Balaban J connectivity index is 2.09. The quantitative estimate of drug-likeness (QED) is 0.354. The maximum Gasteiger partial charge on any atom is 0.264 e. The summed E-state index contributed by atoms with van der Waals surface area (Å²) in [5, 5.41) is 2.76. The number of benzene rings is 3. The van der Waals surface area contributed by atoms with Crippen LogP contribution in [0.1, 0.15) is 30.5 Å². The summed E-state index contributed by atoms with van der Waals surface area (Å²) in [5.41, 5.74) is 2.94. The molecule has 0 radical (unpaired) electrons. The molecule has 0 saturated heterocycles. The van der Waals surface area contributed by atoms with E-state index in [4.69, 9.17) is 9.47 Å². The number of likely N-dealkylation sites (N-methyl/N-ethyl adjacent to an activating group) is 1. The number of hydrogen-bond acceptors (Lipinski definition) is 6. The lowest BCUT2D eigenvalue weighted by molar-refractivity contribution is -0.139. The van der Waals surface area contributed by atoms with E-state index in [1.165, 1.54) is 37.3 Å². The summed E-state index contributed by atoms with van der Waals surface area (Å²) < 4.78 is 39.7. The molecule has 0 aliphatic rings. The van der Waals surface area contributed by atoms with Gasteiger partial charge in [0.25, 0.3) is 10.0 Å². The third kappa shape index (κ3) is 7.12. The van der Waals surface area contributed by atoms with E-state index in [0.29, 0.717) is 18.0 Å². The highest BCUT2D eigenvalue weighted by molar-refractivity contribution is 7.92. The lowest BCUT2D eigenvalue weighted by Crippen LogP contribution is -2.51. The lowest BCUT2D eigenvalue weighted by Gasteiger charge is -2.32. The van der Waals surface area contributed by atoms with Crippen LogP contribution in [0.25, 0.3) is 0 Å². The first-order valence-electron chi connectivity index (χ1n) is 13.0. The summed E-state index contributed by atoms with van der Waals surface area (Å²) in [4.78, 5) is 28.2. The maximum atomic E-state index is 14.0. The predicted molar refractivity (Wildman–Crippen MR) is 155 cm³/mol. The average molecular weight is 568 g/mol. The number of carbonyl (C=O) groups excluding carboxylic acids is 2. The van der Waals surface area contributed by atoms with Gasteiger partial charge in [0, 0.05) is 19.2 Å². The first kappa shape index (κ1) is 30.5. The van der Waals surface area contributed by atoms with Gasteiger partial charge in [-0.3, -0.25) is 13.9 Å². The van der Waals surface area contributed by atoms with Crippen LogP contribution in [0.5, 0.6) is 11.5 Å². The van der Waals surface area contributed by atoms with Crippen molar-refractivity contribution in [3.8, 4) is 11.5 Å². The number of methoxy groups -OCH3 is 2. The van der Waals surface area contributed by atoms with Crippen LogP contribution in [0.4, 0.5) is 5.69 Å². The van der Waals surface area contributed by atoms with Gasteiger partial charge in [-0.05, 0) is 57.5 Å². The number of anilines is 1. The van der Waals surface area contributed by atoms with Crippen molar-refractivity contribution in [3.63, 3.8) is 0 Å². The Morgan fingerprint density at radius 3 is 2.17 bits per heavy atom. The van der Waals surface area contributed by atoms with Crippen LogP contribution in [0, 0.1) is 13.8 Å². The summed E-state index contributed by atoms with van der Waals surface area (Å²) in [5.74, 6) is -0.145. The summed E-state index contributed by atoms with van der Waals surface area (Å²) in [7, 11) is -1.26. The molecule has 1 atom stereocenters. The summed E-state index contributed by atoms with van der Waals surface area (Å²) in [6, 6.07) is 17.8. The number of amides is 2. The van der Waals surface area contributed by atoms with E-state index in [0.717, 1.165) is 21.0 Å². The Morgan fingerprint density at radius 2 is 1.57 bits per heavy atom. The summed E-state index contributed by atoms with van der Waals surface area (Å²) >= 11 is 0. The second-order valence-corrected chi connectivity index (χ2v) is 11.3. The number of hydrogen-bond donors (Lipinski definition) is 1. The van der Waals surface area contributed by atoms with Gasteiger partial charge in [-0.25, -0.2) is 8.42 Å². The van der Waals surface area contributed by atoms with Crippen molar-refractivity contribution in [1.82, 2.24) is 10.2 Å². The second kappa shape index (κ2) is 13.3. The molecule has 10 heteroatoms. The molecule has 0 aromatic heterocycles. The molecular formula is C30H37N3O6S. The largest absolute Gasteiger partial charge is 0.493 e. The molecule has 0 unspecified atom stereocenters. The Morgan fingerprint density at radius 1 is 0.900 bits per heavy atom. The highest BCUT2D eigenvalue weighted by atomic mass is 32.2. The van der Waals surface area contributed by atoms with Gasteiger partial charge in [-0.1, -0.05) is 47.5 Å². The maximum absolute atomic E-state index is 14.0. The normalized spacial score (nSPS) is 11.8. The molecule has 1 N–H and O–H groups in total. The molecule has 0 aliphatic heterocycles. The molecule has 3 rings (SSSR count). The van der Waals surface area contributed by atoms with E-state index in [1.807, 2.05) is 38.1 Å². The van der Waals surface area contributed by atoms with Crippen molar-refractivity contribution in [3.05, 3.63) is 83.4 Å². The monoisotopic (exact) mass is 567 g/mol. The topological polar surface area (TPSA) is 105 Å². The molecule has 40 heavy (non-hydrogen) atoms. The van der Waals surface area contributed by atoms with Crippen molar-refractivity contribution < 1.29 is 27.5 Å². The second-order valence-electron chi connectivity index (χ2n) is 9.45. The van der Waals surface area contributed by atoms with Crippen molar-refractivity contribution in [1.29, 1.82) is 0 Å². The first-order valence-corrected chi connectivity index (χ1v) is 14.4. The van der Waals surface area contributed by atoms with E-state index in [2.05, 4.69) is 5.32 Å². The number of carbonyl (C=O) groups is 2. The molecule has 0 saturated carbocycles. The average Bonchev–Trinajstić information content (AvgIpc) is 2.94. The molecule has 0 heterocycles. The van der Waals surface area contributed by atoms with Gasteiger partial charge in [0.1, 0.15) is 12.6 Å². The molecule has 0 bridgehead atoms. The Hall–Kier alpha value is -4.05. The fourth-order valence-electron chi connectivity index (χ4n) is 4.26. The SMILES string of the molecule is CCNC(=O)[C@H](C)N(Cc1cccc(C)c1)C(=O)CN(c1ccc(OC)c(OC)c1)S(=O)(=O)c1ccc(C)cc1. The fraction of sp³-hybridized carbons (Fsp3) is 0.333. The van der Waals surface area contributed by atoms with Crippen LogP contribution in [0.15, 0.2) is 71.6 Å². The summed E-state index contributed by atoms with van der Waals surface area (Å²) in [6.45, 7) is 7.21. The number of ether oxygens (including phenoxy) is 2. The van der Waals surface area contributed by atoms with Crippen LogP contribution in [0.3, 0.4) is 0 Å². The van der Waals surface area contributed by atoms with Gasteiger partial charge in [-0.2, -0.15) is 0 Å². The van der Waals surface area contributed by atoms with Crippen LogP contribution in [0.2, 0.25) is 0 Å². The van der Waals surface area contributed by atoms with E-state index >= 15 is 0 Å². The molecule has 214 valence electrons. The van der Waals surface area contributed by atoms with E-state index in [9.17, 15) is 18.0 Å². The lowest BCUT2D eigenvalue weighted by atomic mass is 10.1. The fourth-order valence-corrected chi connectivity index (χ4v) is 5.66. The number of aryl methyl sites for hydroxylation is 2. The molecule has 2 amide bonds. The molecule has 0 aliphatic carbocycles. The predicted octanol–water partition coefficient (Wildman–Crippen LogP) is 4.07. The van der Waals surface area contributed by atoms with Crippen LogP contribution in [-0.4, -0.2) is 58.5 Å². The number of rotatable bonds is 12. The molecule has 3 aromatic carbocycles. The van der Waals surface area contributed by atoms with Crippen LogP contribution in [-0.2, 0) is 26.2 Å². The smallest absolute Gasteiger partial charge is 0.264 e. The van der Waals surface area contributed by atoms with Gasteiger partial charge < -0.3 is 19.7 Å². The van der Waals surface area contributed by atoms with Crippen molar-refractivity contribution >= 4 is 27.5 Å². The third-order valence-corrected chi connectivity index (χ3v) is 8.28. The van der Waals surface area contributed by atoms with Gasteiger partial charge in [0.2, 0.25) is 11.8 Å². The molecule has 0 fully saturated rings. The number of nitrogens with zero attached hydrogens (tertiary/aromatic N) is 2. The minimum absolute atomic E-state index is 0.0303. The highest BCUT2D eigenvalue weighted by Crippen LogP contribution is 2.34. The molecule has 3 aromatic rings. The van der Waals surface area contributed by atoms with Gasteiger partial charge in [-0.15, -0.1) is 0 Å². The minimum Gasteiger partial charge on any atom is -0.493 e. The van der Waals surface area contributed by atoms with Gasteiger partial charge in [0.05, 0.1) is 24.8 Å². The Kier molecular flexibility index (Phi) is 10.2. The highest BCUT2D eigenvalue weighted by Gasteiger charge is 2.33.